The van der Waals surface area contributed by atoms with E-state index in [4.69, 9.17) is 5.41 Å². The molecule has 0 aliphatic heterocycles. The molecule has 0 spiro atoms. The topological polar surface area (TPSA) is 33.7 Å². The minimum absolute atomic E-state index is 0.209. The molecule has 0 aliphatic rings. The molecule has 0 saturated carbocycles. The summed E-state index contributed by atoms with van der Waals surface area (Å²) in [5, 5.41) is 8.70. The first-order chi connectivity index (χ1) is 14.3. The van der Waals surface area contributed by atoms with Crippen molar-refractivity contribution in [3.05, 3.63) is 101 Å². The average Bonchev–Trinajstić information content (AvgIpc) is 2.99. The summed E-state index contributed by atoms with van der Waals surface area (Å²) in [6.45, 7) is 2.88. The standard InChI is InChI=1S/C24H22F3N3/c1-17-9-11-18(12-10-17)13-14-29-21-7-2-3-8-22(21)30(23(29)28)16-19-5-4-6-20(15-19)24(25,26)27/h2-12,15,28H,13-14,16H2,1H3. The highest BCUT2D eigenvalue weighted by molar-refractivity contribution is 5.76. The number of nitrogens with one attached hydrogen (secondary N) is 1. The molecule has 0 unspecified atom stereocenters. The van der Waals surface area contributed by atoms with Crippen molar-refractivity contribution >= 4 is 11.0 Å². The molecule has 6 heteroatoms. The van der Waals surface area contributed by atoms with Crippen LogP contribution in [0.3, 0.4) is 0 Å². The Kier molecular flexibility index (Phi) is 5.24. The van der Waals surface area contributed by atoms with Gasteiger partial charge in [0.15, 0.2) is 0 Å². The van der Waals surface area contributed by atoms with Crippen LogP contribution < -0.4 is 5.62 Å². The number of hydrogen-bond acceptors (Lipinski definition) is 1. The molecule has 4 rings (SSSR count). The number of benzene rings is 3. The molecule has 0 fully saturated rings. The SMILES string of the molecule is Cc1ccc(CCn2c(=N)n(Cc3cccc(C(F)(F)F)c3)c3ccccc32)cc1. The van der Waals surface area contributed by atoms with Gasteiger partial charge in [-0.05, 0) is 48.7 Å². The smallest absolute Gasteiger partial charge is 0.310 e. The number of fused-ring (bicyclic) bond motifs is 1. The van der Waals surface area contributed by atoms with E-state index in [0.29, 0.717) is 12.1 Å². The second-order valence-corrected chi connectivity index (χ2v) is 7.48. The average molecular weight is 409 g/mol. The van der Waals surface area contributed by atoms with E-state index < -0.39 is 11.7 Å². The Bertz CT molecular complexity index is 1230. The fraction of sp³-hybridized carbons (Fsp3) is 0.208. The van der Waals surface area contributed by atoms with Gasteiger partial charge in [0.1, 0.15) is 0 Å². The van der Waals surface area contributed by atoms with Crippen molar-refractivity contribution in [1.29, 1.82) is 5.41 Å². The van der Waals surface area contributed by atoms with E-state index in [-0.39, 0.29) is 12.2 Å². The summed E-state index contributed by atoms with van der Waals surface area (Å²) in [4.78, 5) is 0. The molecule has 30 heavy (non-hydrogen) atoms. The molecule has 3 aromatic carbocycles. The van der Waals surface area contributed by atoms with Gasteiger partial charge in [0.25, 0.3) is 0 Å². The van der Waals surface area contributed by atoms with E-state index in [2.05, 4.69) is 24.3 Å². The molecule has 1 aromatic heterocycles. The first-order valence-electron chi connectivity index (χ1n) is 9.77. The lowest BCUT2D eigenvalue weighted by Crippen LogP contribution is -2.25. The number of halogens is 3. The zero-order chi connectivity index (χ0) is 21.3. The van der Waals surface area contributed by atoms with Gasteiger partial charge in [-0.2, -0.15) is 13.2 Å². The molecule has 0 amide bonds. The molecule has 0 bridgehead atoms. The largest absolute Gasteiger partial charge is 0.416 e. The van der Waals surface area contributed by atoms with E-state index in [0.717, 1.165) is 29.6 Å². The van der Waals surface area contributed by atoms with Crippen molar-refractivity contribution in [3.63, 3.8) is 0 Å². The summed E-state index contributed by atoms with van der Waals surface area (Å²) in [5.74, 6) is 0. The molecule has 154 valence electrons. The summed E-state index contributed by atoms with van der Waals surface area (Å²) in [6, 6.07) is 21.3. The van der Waals surface area contributed by atoms with Crippen LogP contribution in [0.4, 0.5) is 13.2 Å². The highest BCUT2D eigenvalue weighted by Crippen LogP contribution is 2.29. The minimum Gasteiger partial charge on any atom is -0.310 e. The maximum Gasteiger partial charge on any atom is 0.416 e. The summed E-state index contributed by atoms with van der Waals surface area (Å²) < 4.78 is 42.9. The van der Waals surface area contributed by atoms with Crippen LogP contribution in [-0.2, 0) is 25.7 Å². The van der Waals surface area contributed by atoms with Crippen molar-refractivity contribution in [1.82, 2.24) is 9.13 Å². The van der Waals surface area contributed by atoms with E-state index in [1.54, 1.807) is 10.6 Å². The van der Waals surface area contributed by atoms with Gasteiger partial charge in [0.05, 0.1) is 23.1 Å². The Morgan fingerprint density at radius 1 is 0.800 bits per heavy atom. The van der Waals surface area contributed by atoms with Gasteiger partial charge in [-0.1, -0.05) is 54.1 Å². The number of hydrogen-bond donors (Lipinski definition) is 1. The van der Waals surface area contributed by atoms with Gasteiger partial charge in [-0.3, -0.25) is 5.41 Å². The van der Waals surface area contributed by atoms with Crippen LogP contribution in [0.25, 0.3) is 11.0 Å². The zero-order valence-corrected chi connectivity index (χ0v) is 16.6. The quantitative estimate of drug-likeness (QED) is 0.449. The Labute approximate surface area is 172 Å². The molecule has 1 heterocycles. The molecule has 0 saturated heterocycles. The van der Waals surface area contributed by atoms with Crippen molar-refractivity contribution < 1.29 is 13.2 Å². The number of aryl methyl sites for hydroxylation is 3. The number of aromatic nitrogens is 2. The maximum absolute atomic E-state index is 13.1. The lowest BCUT2D eigenvalue weighted by Gasteiger charge is -2.10. The van der Waals surface area contributed by atoms with Crippen LogP contribution in [-0.4, -0.2) is 9.13 Å². The lowest BCUT2D eigenvalue weighted by molar-refractivity contribution is -0.137. The third-order valence-corrected chi connectivity index (χ3v) is 5.31. The Morgan fingerprint density at radius 3 is 2.13 bits per heavy atom. The third kappa shape index (κ3) is 4.03. The molecule has 0 atom stereocenters. The van der Waals surface area contributed by atoms with Crippen LogP contribution in [0.15, 0.2) is 72.8 Å². The summed E-state index contributed by atoms with van der Waals surface area (Å²) in [5.41, 5.74) is 4.25. The molecule has 4 aromatic rings. The van der Waals surface area contributed by atoms with Crippen LogP contribution in [0.5, 0.6) is 0 Å². The molecule has 0 aliphatic carbocycles. The van der Waals surface area contributed by atoms with Gasteiger partial charge in [-0.25, -0.2) is 0 Å². The van der Waals surface area contributed by atoms with Crippen LogP contribution in [0.1, 0.15) is 22.3 Å². The lowest BCUT2D eigenvalue weighted by atomic mass is 10.1. The van der Waals surface area contributed by atoms with Crippen molar-refractivity contribution in [2.45, 2.75) is 32.6 Å². The van der Waals surface area contributed by atoms with E-state index in [9.17, 15) is 13.2 Å². The van der Waals surface area contributed by atoms with E-state index in [1.807, 2.05) is 35.8 Å². The van der Waals surface area contributed by atoms with Gasteiger partial charge in [-0.15, -0.1) is 0 Å². The summed E-state index contributed by atoms with van der Waals surface area (Å²) in [7, 11) is 0. The van der Waals surface area contributed by atoms with E-state index >= 15 is 0 Å². The Balaban J connectivity index is 1.69. The third-order valence-electron chi connectivity index (χ3n) is 5.31. The minimum atomic E-state index is -4.38. The van der Waals surface area contributed by atoms with Gasteiger partial charge in [0, 0.05) is 6.54 Å². The summed E-state index contributed by atoms with van der Waals surface area (Å²) >= 11 is 0. The zero-order valence-electron chi connectivity index (χ0n) is 16.6. The molecule has 0 radical (unpaired) electrons. The summed E-state index contributed by atoms with van der Waals surface area (Å²) in [6.07, 6.45) is -3.61. The van der Waals surface area contributed by atoms with Crippen molar-refractivity contribution in [2.24, 2.45) is 0 Å². The Morgan fingerprint density at radius 2 is 1.47 bits per heavy atom. The highest BCUT2D eigenvalue weighted by atomic mass is 19.4. The molecular formula is C24H22F3N3. The number of imidazole rings is 1. The fourth-order valence-electron chi connectivity index (χ4n) is 3.71. The fourth-order valence-corrected chi connectivity index (χ4v) is 3.71. The predicted octanol–water partition coefficient (Wildman–Crippen LogP) is 5.54. The van der Waals surface area contributed by atoms with Gasteiger partial charge in [0.2, 0.25) is 5.62 Å². The number of para-hydroxylation sites is 2. The van der Waals surface area contributed by atoms with Gasteiger partial charge < -0.3 is 9.13 Å². The van der Waals surface area contributed by atoms with Crippen LogP contribution in [0.2, 0.25) is 0 Å². The first kappa shape index (κ1) is 20.0. The number of alkyl halides is 3. The van der Waals surface area contributed by atoms with E-state index in [1.165, 1.54) is 17.2 Å². The van der Waals surface area contributed by atoms with Crippen LogP contribution in [0, 0.1) is 12.3 Å². The molecule has 1 N–H and O–H groups in total. The normalized spacial score (nSPS) is 11.9. The number of rotatable bonds is 5. The van der Waals surface area contributed by atoms with Crippen molar-refractivity contribution in [2.75, 3.05) is 0 Å². The van der Waals surface area contributed by atoms with Crippen LogP contribution >= 0.6 is 0 Å². The maximum atomic E-state index is 13.1. The predicted molar refractivity (Wildman–Crippen MR) is 111 cm³/mol. The number of nitrogens with zero attached hydrogens (tertiary/aromatic N) is 2. The monoisotopic (exact) mass is 409 g/mol. The second-order valence-electron chi connectivity index (χ2n) is 7.48. The van der Waals surface area contributed by atoms with Gasteiger partial charge >= 0.3 is 6.18 Å². The molecular weight excluding hydrogens is 387 g/mol. The Hall–Kier alpha value is -3.28. The van der Waals surface area contributed by atoms with Crippen molar-refractivity contribution in [3.8, 4) is 0 Å². The first-order valence-corrected chi connectivity index (χ1v) is 9.77. The second kappa shape index (κ2) is 7.86. The molecule has 3 nitrogen and oxygen atoms in total. The highest BCUT2D eigenvalue weighted by Gasteiger charge is 2.30.